The third-order valence-electron chi connectivity index (χ3n) is 7.47. The van der Waals surface area contributed by atoms with Crippen molar-refractivity contribution in [3.8, 4) is 0 Å². The van der Waals surface area contributed by atoms with Crippen molar-refractivity contribution in [3.63, 3.8) is 0 Å². The van der Waals surface area contributed by atoms with Crippen LogP contribution in [0.25, 0.3) is 11.7 Å². The second kappa shape index (κ2) is 9.95. The fraction of sp³-hybridized carbons (Fsp3) is 0.357. The zero-order valence-electron chi connectivity index (χ0n) is 20.8. The number of pyridine rings is 1. The van der Waals surface area contributed by atoms with E-state index in [9.17, 15) is 9.59 Å². The molecule has 0 radical (unpaired) electrons. The van der Waals surface area contributed by atoms with Gasteiger partial charge in [-0.2, -0.15) is 0 Å². The number of hydrogen-bond acceptors (Lipinski definition) is 7. The first-order valence-electron chi connectivity index (χ1n) is 12.8. The third kappa shape index (κ3) is 4.55. The molecule has 3 aliphatic rings. The van der Waals surface area contributed by atoms with Crippen molar-refractivity contribution in [2.75, 3.05) is 36.0 Å². The SMILES string of the molecule is Cc1ccc2nc(N3CCN(c4ccccc4)CC3)c(/C=C3\SC(=S)N(C4CCCC4)C3=O)c(=O)n2c1. The van der Waals surface area contributed by atoms with E-state index in [0.29, 0.717) is 26.3 Å². The summed E-state index contributed by atoms with van der Waals surface area (Å²) >= 11 is 6.90. The van der Waals surface area contributed by atoms with Crippen molar-refractivity contribution in [1.82, 2.24) is 14.3 Å². The summed E-state index contributed by atoms with van der Waals surface area (Å²) in [4.78, 5) is 39.0. The fourth-order valence-electron chi connectivity index (χ4n) is 5.52. The monoisotopic (exact) mass is 531 g/mol. The van der Waals surface area contributed by atoms with Crippen LogP contribution in [-0.2, 0) is 4.79 Å². The molecule has 0 atom stereocenters. The first-order valence-corrected chi connectivity index (χ1v) is 14.1. The minimum absolute atomic E-state index is 0.0875. The number of thioether (sulfide) groups is 1. The number of piperazine rings is 1. The van der Waals surface area contributed by atoms with Crippen molar-refractivity contribution in [1.29, 1.82) is 0 Å². The van der Waals surface area contributed by atoms with Gasteiger partial charge in [-0.15, -0.1) is 0 Å². The summed E-state index contributed by atoms with van der Waals surface area (Å²) in [6.45, 7) is 5.06. The Hall–Kier alpha value is -3.17. The highest BCUT2D eigenvalue weighted by atomic mass is 32.2. The number of hydrogen-bond donors (Lipinski definition) is 0. The van der Waals surface area contributed by atoms with E-state index in [4.69, 9.17) is 17.2 Å². The zero-order chi connectivity index (χ0) is 25.5. The molecule has 190 valence electrons. The molecule has 6 rings (SSSR count). The van der Waals surface area contributed by atoms with E-state index in [1.807, 2.05) is 31.3 Å². The van der Waals surface area contributed by atoms with Crippen molar-refractivity contribution >= 4 is 57.4 Å². The molecule has 9 heteroatoms. The van der Waals surface area contributed by atoms with Crippen LogP contribution in [0.5, 0.6) is 0 Å². The molecule has 0 bridgehead atoms. The van der Waals surface area contributed by atoms with Gasteiger partial charge in [-0.25, -0.2) is 4.98 Å². The van der Waals surface area contributed by atoms with E-state index in [-0.39, 0.29) is 17.5 Å². The lowest BCUT2D eigenvalue weighted by atomic mass is 10.2. The maximum Gasteiger partial charge on any atom is 0.267 e. The number of benzene rings is 1. The second-order valence-corrected chi connectivity index (χ2v) is 11.6. The third-order valence-corrected chi connectivity index (χ3v) is 8.81. The first kappa shape index (κ1) is 24.2. The topological polar surface area (TPSA) is 61.2 Å². The smallest absolute Gasteiger partial charge is 0.267 e. The molecule has 37 heavy (non-hydrogen) atoms. The number of aryl methyl sites for hydroxylation is 1. The van der Waals surface area contributed by atoms with Gasteiger partial charge >= 0.3 is 0 Å². The van der Waals surface area contributed by atoms with Crippen molar-refractivity contribution in [2.45, 2.75) is 38.6 Å². The quantitative estimate of drug-likeness (QED) is 0.364. The Morgan fingerprint density at radius 1 is 0.973 bits per heavy atom. The summed E-state index contributed by atoms with van der Waals surface area (Å²) in [6.07, 6.45) is 7.75. The maximum atomic E-state index is 13.8. The van der Waals surface area contributed by atoms with E-state index in [1.165, 1.54) is 17.4 Å². The van der Waals surface area contributed by atoms with Gasteiger partial charge in [-0.1, -0.05) is 61.1 Å². The predicted molar refractivity (Wildman–Crippen MR) is 154 cm³/mol. The van der Waals surface area contributed by atoms with Crippen LogP contribution in [0.1, 0.15) is 36.8 Å². The molecule has 0 unspecified atom stereocenters. The molecule has 1 amide bonds. The van der Waals surface area contributed by atoms with E-state index in [0.717, 1.165) is 57.4 Å². The normalized spacial score (nSPS) is 20.1. The lowest BCUT2D eigenvalue weighted by molar-refractivity contribution is -0.123. The fourth-order valence-corrected chi connectivity index (χ4v) is 6.90. The Balaban J connectivity index is 1.38. The number of amides is 1. The number of carbonyl (C=O) groups excluding carboxylic acids is 1. The van der Waals surface area contributed by atoms with Gasteiger partial charge in [0.15, 0.2) is 0 Å². The van der Waals surface area contributed by atoms with E-state index in [2.05, 4.69) is 34.1 Å². The molecule has 3 aromatic rings. The first-order chi connectivity index (χ1) is 18.0. The Kier molecular flexibility index (Phi) is 6.50. The van der Waals surface area contributed by atoms with Crippen LogP contribution in [0.15, 0.2) is 58.4 Å². The molecule has 0 spiro atoms. The number of aromatic nitrogens is 2. The molecule has 0 N–H and O–H groups in total. The van der Waals surface area contributed by atoms with Crippen molar-refractivity contribution < 1.29 is 4.79 Å². The summed E-state index contributed by atoms with van der Waals surface area (Å²) < 4.78 is 2.17. The Bertz CT molecular complexity index is 1450. The van der Waals surface area contributed by atoms with Gasteiger partial charge in [0.25, 0.3) is 11.5 Å². The van der Waals surface area contributed by atoms with Crippen LogP contribution < -0.4 is 15.4 Å². The molecule has 1 aliphatic carbocycles. The number of anilines is 2. The summed E-state index contributed by atoms with van der Waals surface area (Å²) in [7, 11) is 0. The Labute approximate surface area is 225 Å². The van der Waals surface area contributed by atoms with Crippen LogP contribution in [0.4, 0.5) is 11.5 Å². The average molecular weight is 532 g/mol. The van der Waals surface area contributed by atoms with Crippen LogP contribution in [0.2, 0.25) is 0 Å². The molecule has 1 saturated carbocycles. The van der Waals surface area contributed by atoms with Crippen molar-refractivity contribution in [3.05, 3.63) is 75.0 Å². The Morgan fingerprint density at radius 3 is 2.41 bits per heavy atom. The standard InChI is InChI=1S/C28H29N5O2S2/c1-19-11-12-24-29-25(31-15-13-30(14-16-31)20-7-3-2-4-8-20)22(26(34)32(24)18-19)17-23-27(35)33(28(36)37-23)21-9-5-6-10-21/h2-4,7-8,11-12,17-18,21H,5-6,9-10,13-16H2,1H3/b23-17-. The Morgan fingerprint density at radius 2 is 1.68 bits per heavy atom. The number of para-hydroxylation sites is 1. The van der Waals surface area contributed by atoms with Gasteiger partial charge in [0.05, 0.1) is 10.5 Å². The molecule has 2 saturated heterocycles. The van der Waals surface area contributed by atoms with Gasteiger partial charge in [0.1, 0.15) is 15.8 Å². The molecule has 2 aromatic heterocycles. The maximum absolute atomic E-state index is 13.8. The van der Waals surface area contributed by atoms with Crippen LogP contribution >= 0.6 is 24.0 Å². The minimum atomic E-state index is -0.166. The second-order valence-electron chi connectivity index (χ2n) is 9.89. The molecule has 1 aromatic carbocycles. The van der Waals surface area contributed by atoms with E-state index in [1.54, 1.807) is 15.4 Å². The predicted octanol–water partition coefficient (Wildman–Crippen LogP) is 4.47. The minimum Gasteiger partial charge on any atom is -0.368 e. The average Bonchev–Trinajstić information content (AvgIpc) is 3.54. The van der Waals surface area contributed by atoms with E-state index < -0.39 is 0 Å². The summed E-state index contributed by atoms with van der Waals surface area (Å²) in [5.74, 6) is 0.545. The molecule has 3 fully saturated rings. The molecular formula is C28H29N5O2S2. The lowest BCUT2D eigenvalue weighted by Crippen LogP contribution is -2.47. The van der Waals surface area contributed by atoms with Crippen LogP contribution in [-0.4, -0.2) is 56.7 Å². The zero-order valence-corrected chi connectivity index (χ0v) is 22.4. The van der Waals surface area contributed by atoms with Crippen LogP contribution in [0.3, 0.4) is 0 Å². The largest absolute Gasteiger partial charge is 0.368 e. The molecular weight excluding hydrogens is 502 g/mol. The highest BCUT2D eigenvalue weighted by molar-refractivity contribution is 8.26. The van der Waals surface area contributed by atoms with Gasteiger partial charge < -0.3 is 9.80 Å². The number of fused-ring (bicyclic) bond motifs is 1. The number of carbonyl (C=O) groups is 1. The summed E-state index contributed by atoms with van der Waals surface area (Å²) in [5, 5.41) is 0. The number of nitrogens with zero attached hydrogens (tertiary/aromatic N) is 5. The highest BCUT2D eigenvalue weighted by Crippen LogP contribution is 2.38. The lowest BCUT2D eigenvalue weighted by Gasteiger charge is -2.37. The molecule has 7 nitrogen and oxygen atoms in total. The summed E-state index contributed by atoms with van der Waals surface area (Å²) in [6, 6.07) is 14.4. The number of rotatable bonds is 4. The van der Waals surface area contributed by atoms with E-state index >= 15 is 0 Å². The summed E-state index contributed by atoms with van der Waals surface area (Å²) in [5.41, 5.74) is 3.05. The van der Waals surface area contributed by atoms with Crippen molar-refractivity contribution in [2.24, 2.45) is 0 Å². The van der Waals surface area contributed by atoms with Gasteiger partial charge in [0, 0.05) is 44.1 Å². The van der Waals surface area contributed by atoms with Gasteiger partial charge in [-0.05, 0) is 49.6 Å². The molecule has 4 heterocycles. The number of thiocarbonyl (C=S) groups is 1. The van der Waals surface area contributed by atoms with Crippen LogP contribution in [0, 0.1) is 6.92 Å². The van der Waals surface area contributed by atoms with Gasteiger partial charge in [-0.3, -0.25) is 18.9 Å². The molecule has 2 aliphatic heterocycles. The highest BCUT2D eigenvalue weighted by Gasteiger charge is 2.38. The van der Waals surface area contributed by atoms with Gasteiger partial charge in [0.2, 0.25) is 0 Å².